The van der Waals surface area contributed by atoms with E-state index < -0.39 is 0 Å². The molecule has 0 aliphatic rings. The summed E-state index contributed by atoms with van der Waals surface area (Å²) in [5, 5.41) is 5.03. The normalized spacial score (nSPS) is 12.5. The predicted molar refractivity (Wildman–Crippen MR) is 78.1 cm³/mol. The van der Waals surface area contributed by atoms with Crippen LogP contribution < -0.4 is 5.32 Å². The molecule has 0 radical (unpaired) electrons. The highest BCUT2D eigenvalue weighted by molar-refractivity contribution is 7.09. The fourth-order valence-corrected chi connectivity index (χ4v) is 2.62. The van der Waals surface area contributed by atoms with Crippen LogP contribution in [0.2, 0.25) is 0 Å². The molecule has 1 aromatic heterocycles. The molecule has 0 bridgehead atoms. The topological polar surface area (TPSA) is 32.3 Å². The van der Waals surface area contributed by atoms with Gasteiger partial charge in [0.1, 0.15) is 0 Å². The zero-order valence-electron chi connectivity index (χ0n) is 11.8. The molecule has 0 unspecified atom stereocenters. The Bertz CT molecular complexity index is 349. The minimum absolute atomic E-state index is 0.0275. The lowest BCUT2D eigenvalue weighted by atomic mass is 10.0. The van der Waals surface area contributed by atoms with Gasteiger partial charge in [0, 0.05) is 24.5 Å². The second-order valence-electron chi connectivity index (χ2n) is 5.15. The average Bonchev–Trinajstić information content (AvgIpc) is 2.79. The number of carbonyl (C=O) groups excluding carboxylic acids is 1. The van der Waals surface area contributed by atoms with E-state index in [9.17, 15) is 4.79 Å². The SMILES string of the molecule is CC(C)C[C@@H](C)N(C)C(=O)NCCc1cccs1. The van der Waals surface area contributed by atoms with E-state index in [1.54, 1.807) is 16.2 Å². The number of rotatable bonds is 6. The summed E-state index contributed by atoms with van der Waals surface area (Å²) in [7, 11) is 1.87. The van der Waals surface area contributed by atoms with E-state index in [-0.39, 0.29) is 12.1 Å². The number of thiophene rings is 1. The van der Waals surface area contributed by atoms with Gasteiger partial charge in [-0.25, -0.2) is 4.79 Å². The molecule has 102 valence electrons. The molecule has 0 aliphatic heterocycles. The number of hydrogen-bond donors (Lipinski definition) is 1. The number of nitrogens with zero attached hydrogens (tertiary/aromatic N) is 1. The molecular weight excluding hydrogens is 244 g/mol. The van der Waals surface area contributed by atoms with Gasteiger partial charge in [-0.05, 0) is 37.1 Å². The van der Waals surface area contributed by atoms with Crippen LogP contribution in [-0.2, 0) is 6.42 Å². The number of hydrogen-bond acceptors (Lipinski definition) is 2. The molecule has 1 aromatic rings. The summed E-state index contributed by atoms with van der Waals surface area (Å²) < 4.78 is 0. The highest BCUT2D eigenvalue weighted by Gasteiger charge is 2.15. The molecule has 1 rings (SSSR count). The minimum atomic E-state index is 0.0275. The van der Waals surface area contributed by atoms with Crippen molar-refractivity contribution in [3.05, 3.63) is 22.4 Å². The summed E-state index contributed by atoms with van der Waals surface area (Å²) >= 11 is 1.73. The van der Waals surface area contributed by atoms with Crippen LogP contribution in [0.3, 0.4) is 0 Å². The maximum absolute atomic E-state index is 11.9. The van der Waals surface area contributed by atoms with Gasteiger partial charge in [-0.3, -0.25) is 0 Å². The first-order valence-corrected chi connectivity index (χ1v) is 7.41. The molecule has 3 nitrogen and oxygen atoms in total. The molecule has 0 saturated heterocycles. The second-order valence-corrected chi connectivity index (χ2v) is 6.18. The van der Waals surface area contributed by atoms with E-state index in [1.807, 2.05) is 13.1 Å². The van der Waals surface area contributed by atoms with Crippen LogP contribution in [0.15, 0.2) is 17.5 Å². The van der Waals surface area contributed by atoms with Gasteiger partial charge in [-0.2, -0.15) is 0 Å². The lowest BCUT2D eigenvalue weighted by Gasteiger charge is -2.26. The standard InChI is InChI=1S/C14H24N2OS/c1-11(2)10-12(3)16(4)14(17)15-8-7-13-6-5-9-18-13/h5-6,9,11-12H,7-8,10H2,1-4H3,(H,15,17)/t12-/m1/s1. The first-order valence-electron chi connectivity index (χ1n) is 6.53. The third-order valence-electron chi connectivity index (χ3n) is 3.02. The zero-order valence-corrected chi connectivity index (χ0v) is 12.6. The molecule has 0 spiro atoms. The van der Waals surface area contributed by atoms with Gasteiger partial charge in [-0.1, -0.05) is 19.9 Å². The summed E-state index contributed by atoms with van der Waals surface area (Å²) in [4.78, 5) is 15.0. The van der Waals surface area contributed by atoms with E-state index in [4.69, 9.17) is 0 Å². The number of amides is 2. The molecule has 2 amide bonds. The van der Waals surface area contributed by atoms with E-state index in [0.717, 1.165) is 12.8 Å². The van der Waals surface area contributed by atoms with Gasteiger partial charge in [0.25, 0.3) is 0 Å². The maximum Gasteiger partial charge on any atom is 0.317 e. The van der Waals surface area contributed by atoms with Crippen molar-refractivity contribution in [1.29, 1.82) is 0 Å². The summed E-state index contributed by atoms with van der Waals surface area (Å²) in [6.45, 7) is 7.16. The minimum Gasteiger partial charge on any atom is -0.338 e. The molecule has 0 aromatic carbocycles. The van der Waals surface area contributed by atoms with Crippen LogP contribution in [0.25, 0.3) is 0 Å². The van der Waals surface area contributed by atoms with Crippen molar-refractivity contribution >= 4 is 17.4 Å². The van der Waals surface area contributed by atoms with Gasteiger partial charge in [0.05, 0.1) is 0 Å². The predicted octanol–water partition coefficient (Wildman–Crippen LogP) is 3.37. The van der Waals surface area contributed by atoms with Gasteiger partial charge in [0.15, 0.2) is 0 Å². The number of nitrogens with one attached hydrogen (secondary N) is 1. The smallest absolute Gasteiger partial charge is 0.317 e. The van der Waals surface area contributed by atoms with E-state index in [2.05, 4.69) is 37.5 Å². The van der Waals surface area contributed by atoms with Crippen LogP contribution in [0, 0.1) is 5.92 Å². The van der Waals surface area contributed by atoms with E-state index in [1.165, 1.54) is 4.88 Å². The van der Waals surface area contributed by atoms with Crippen LogP contribution in [0.5, 0.6) is 0 Å². The third-order valence-corrected chi connectivity index (χ3v) is 3.96. The fourth-order valence-electron chi connectivity index (χ4n) is 1.91. The summed E-state index contributed by atoms with van der Waals surface area (Å²) in [5.74, 6) is 0.612. The molecule has 1 heterocycles. The van der Waals surface area contributed by atoms with Gasteiger partial charge < -0.3 is 10.2 Å². The van der Waals surface area contributed by atoms with Gasteiger partial charge in [-0.15, -0.1) is 11.3 Å². The molecule has 0 aliphatic carbocycles. The van der Waals surface area contributed by atoms with E-state index in [0.29, 0.717) is 12.5 Å². The lowest BCUT2D eigenvalue weighted by molar-refractivity contribution is 0.187. The molecule has 18 heavy (non-hydrogen) atoms. The Morgan fingerprint density at radius 2 is 2.17 bits per heavy atom. The first-order chi connectivity index (χ1) is 8.50. The van der Waals surface area contributed by atoms with Crippen molar-refractivity contribution in [3.63, 3.8) is 0 Å². The van der Waals surface area contributed by atoms with Crippen LogP contribution >= 0.6 is 11.3 Å². The lowest BCUT2D eigenvalue weighted by Crippen LogP contribution is -2.43. The quantitative estimate of drug-likeness (QED) is 0.843. The Balaban J connectivity index is 2.27. The molecule has 4 heteroatoms. The van der Waals surface area contributed by atoms with Crippen molar-refractivity contribution in [2.45, 2.75) is 39.7 Å². The Morgan fingerprint density at radius 3 is 2.72 bits per heavy atom. The summed E-state index contributed by atoms with van der Waals surface area (Å²) in [6, 6.07) is 4.45. The Morgan fingerprint density at radius 1 is 1.44 bits per heavy atom. The first kappa shape index (κ1) is 15.0. The number of urea groups is 1. The molecule has 0 saturated carbocycles. The summed E-state index contributed by atoms with van der Waals surface area (Å²) in [5.41, 5.74) is 0. The number of carbonyl (C=O) groups is 1. The monoisotopic (exact) mass is 268 g/mol. The molecule has 1 N–H and O–H groups in total. The van der Waals surface area contributed by atoms with Crippen molar-refractivity contribution in [1.82, 2.24) is 10.2 Å². The van der Waals surface area contributed by atoms with Gasteiger partial charge >= 0.3 is 6.03 Å². The summed E-state index contributed by atoms with van der Waals surface area (Å²) in [6.07, 6.45) is 1.95. The highest BCUT2D eigenvalue weighted by atomic mass is 32.1. The zero-order chi connectivity index (χ0) is 13.5. The second kappa shape index (κ2) is 7.41. The van der Waals surface area contributed by atoms with Crippen molar-refractivity contribution in [3.8, 4) is 0 Å². The molecule has 1 atom stereocenters. The largest absolute Gasteiger partial charge is 0.338 e. The van der Waals surface area contributed by atoms with E-state index >= 15 is 0 Å². The van der Waals surface area contributed by atoms with Crippen LogP contribution in [-0.4, -0.2) is 30.6 Å². The maximum atomic E-state index is 11.9. The van der Waals surface area contributed by atoms with Gasteiger partial charge in [0.2, 0.25) is 0 Å². The molecular formula is C14H24N2OS. The van der Waals surface area contributed by atoms with Crippen molar-refractivity contribution in [2.24, 2.45) is 5.92 Å². The average molecular weight is 268 g/mol. The Hall–Kier alpha value is -1.03. The van der Waals surface area contributed by atoms with Crippen LogP contribution in [0.4, 0.5) is 4.79 Å². The van der Waals surface area contributed by atoms with Crippen molar-refractivity contribution in [2.75, 3.05) is 13.6 Å². The third kappa shape index (κ3) is 5.08. The fraction of sp³-hybridized carbons (Fsp3) is 0.643. The van der Waals surface area contributed by atoms with Crippen molar-refractivity contribution < 1.29 is 4.79 Å². The Labute approximate surface area is 114 Å². The molecule has 0 fully saturated rings. The highest BCUT2D eigenvalue weighted by Crippen LogP contribution is 2.10. The van der Waals surface area contributed by atoms with Crippen LogP contribution in [0.1, 0.15) is 32.1 Å². The Kier molecular flexibility index (Phi) is 6.19.